The zero-order valence-electron chi connectivity index (χ0n) is 13.6. The van der Waals surface area contributed by atoms with E-state index in [9.17, 15) is 4.79 Å². The van der Waals surface area contributed by atoms with Crippen molar-refractivity contribution >= 4 is 5.91 Å². The average molecular weight is 306 g/mol. The minimum atomic E-state index is 0.0481. The lowest BCUT2D eigenvalue weighted by atomic mass is 9.80. The standard InChI is InChI=1S/C16H26N4O2/c1-3-19-7-8-22-12-16(10-19)5-4-6-20(11-16)15(21)14-9-18(2)13-17-14/h9,13H,3-8,10-12H2,1-2H3/t16-/m1/s1. The Kier molecular flexibility index (Phi) is 4.49. The van der Waals surface area contributed by atoms with Gasteiger partial charge in [-0.2, -0.15) is 0 Å². The van der Waals surface area contributed by atoms with Gasteiger partial charge >= 0.3 is 0 Å². The van der Waals surface area contributed by atoms with Gasteiger partial charge in [0.05, 0.1) is 19.5 Å². The van der Waals surface area contributed by atoms with E-state index in [0.717, 1.165) is 58.8 Å². The highest BCUT2D eigenvalue weighted by Gasteiger charge is 2.40. The van der Waals surface area contributed by atoms with E-state index in [0.29, 0.717) is 5.69 Å². The molecule has 0 saturated carbocycles. The van der Waals surface area contributed by atoms with Crippen molar-refractivity contribution in [2.24, 2.45) is 12.5 Å². The Hall–Kier alpha value is -1.40. The topological polar surface area (TPSA) is 50.6 Å². The fraction of sp³-hybridized carbons (Fsp3) is 0.750. The van der Waals surface area contributed by atoms with Crippen molar-refractivity contribution in [3.05, 3.63) is 18.2 Å². The maximum Gasteiger partial charge on any atom is 0.274 e. The average Bonchev–Trinajstić information content (AvgIpc) is 2.86. The van der Waals surface area contributed by atoms with Gasteiger partial charge < -0.3 is 19.1 Å². The van der Waals surface area contributed by atoms with E-state index in [1.54, 1.807) is 12.5 Å². The van der Waals surface area contributed by atoms with Crippen LogP contribution in [0.1, 0.15) is 30.3 Å². The van der Waals surface area contributed by atoms with Crippen LogP contribution in [-0.2, 0) is 11.8 Å². The van der Waals surface area contributed by atoms with Crippen LogP contribution in [0.15, 0.2) is 12.5 Å². The van der Waals surface area contributed by atoms with E-state index in [1.165, 1.54) is 0 Å². The number of carbonyl (C=O) groups is 1. The fourth-order valence-corrected chi connectivity index (χ4v) is 3.66. The minimum absolute atomic E-state index is 0.0481. The molecule has 2 aliphatic heterocycles. The van der Waals surface area contributed by atoms with Gasteiger partial charge in [0, 0.05) is 44.8 Å². The molecule has 3 heterocycles. The van der Waals surface area contributed by atoms with Crippen LogP contribution in [0.25, 0.3) is 0 Å². The summed E-state index contributed by atoms with van der Waals surface area (Å²) in [4.78, 5) is 21.3. The Labute approximate surface area is 132 Å². The van der Waals surface area contributed by atoms with E-state index in [-0.39, 0.29) is 11.3 Å². The Morgan fingerprint density at radius 2 is 2.27 bits per heavy atom. The van der Waals surface area contributed by atoms with E-state index in [2.05, 4.69) is 16.8 Å². The van der Waals surface area contributed by atoms with Crippen molar-refractivity contribution in [1.82, 2.24) is 19.4 Å². The quantitative estimate of drug-likeness (QED) is 0.818. The monoisotopic (exact) mass is 306 g/mol. The molecule has 122 valence electrons. The lowest BCUT2D eigenvalue weighted by Crippen LogP contribution is -2.52. The van der Waals surface area contributed by atoms with Crippen LogP contribution >= 0.6 is 0 Å². The van der Waals surface area contributed by atoms with Crippen molar-refractivity contribution in [3.63, 3.8) is 0 Å². The van der Waals surface area contributed by atoms with Gasteiger partial charge in [0.25, 0.3) is 5.91 Å². The molecule has 1 atom stereocenters. The number of likely N-dealkylation sites (N-methyl/N-ethyl adjacent to an activating group) is 1. The van der Waals surface area contributed by atoms with Crippen molar-refractivity contribution in [2.75, 3.05) is 45.9 Å². The molecular weight excluding hydrogens is 280 g/mol. The summed E-state index contributed by atoms with van der Waals surface area (Å²) in [7, 11) is 1.89. The molecule has 2 fully saturated rings. The third-order valence-corrected chi connectivity index (χ3v) is 4.84. The first kappa shape index (κ1) is 15.5. The summed E-state index contributed by atoms with van der Waals surface area (Å²) >= 11 is 0. The van der Waals surface area contributed by atoms with Crippen LogP contribution in [0.5, 0.6) is 0 Å². The van der Waals surface area contributed by atoms with Crippen LogP contribution in [0.3, 0.4) is 0 Å². The van der Waals surface area contributed by atoms with Gasteiger partial charge in [-0.3, -0.25) is 4.79 Å². The van der Waals surface area contributed by atoms with E-state index in [1.807, 2.05) is 16.5 Å². The van der Waals surface area contributed by atoms with Gasteiger partial charge in [-0.25, -0.2) is 4.98 Å². The molecule has 0 radical (unpaired) electrons. The minimum Gasteiger partial charge on any atom is -0.379 e. The fourth-order valence-electron chi connectivity index (χ4n) is 3.66. The number of hydrogen-bond donors (Lipinski definition) is 0. The van der Waals surface area contributed by atoms with Gasteiger partial charge in [-0.15, -0.1) is 0 Å². The molecule has 6 nitrogen and oxygen atoms in total. The SMILES string of the molecule is CCN1CCOC[C@]2(CCCN(C(=O)c3cn(C)cn3)C2)C1. The summed E-state index contributed by atoms with van der Waals surface area (Å²) in [6, 6.07) is 0. The number of ether oxygens (including phenoxy) is 1. The van der Waals surface area contributed by atoms with Crippen molar-refractivity contribution in [2.45, 2.75) is 19.8 Å². The van der Waals surface area contributed by atoms with Gasteiger partial charge in [-0.1, -0.05) is 6.92 Å². The summed E-state index contributed by atoms with van der Waals surface area (Å²) in [6.07, 6.45) is 5.65. The van der Waals surface area contributed by atoms with Crippen LogP contribution in [0.2, 0.25) is 0 Å². The molecular formula is C16H26N4O2. The van der Waals surface area contributed by atoms with E-state index >= 15 is 0 Å². The molecule has 0 unspecified atom stereocenters. The molecule has 1 aromatic rings. The largest absolute Gasteiger partial charge is 0.379 e. The second-order valence-electron chi connectivity index (χ2n) is 6.68. The van der Waals surface area contributed by atoms with Crippen molar-refractivity contribution < 1.29 is 9.53 Å². The molecule has 0 aliphatic carbocycles. The molecule has 6 heteroatoms. The smallest absolute Gasteiger partial charge is 0.274 e. The second-order valence-corrected chi connectivity index (χ2v) is 6.68. The molecule has 2 aliphatic rings. The predicted octanol–water partition coefficient (Wildman–Crippen LogP) is 0.995. The number of likely N-dealkylation sites (tertiary alicyclic amines) is 1. The number of nitrogens with zero attached hydrogens (tertiary/aromatic N) is 4. The lowest BCUT2D eigenvalue weighted by molar-refractivity contribution is 0.00745. The Bertz CT molecular complexity index is 530. The first-order chi connectivity index (χ1) is 10.6. The van der Waals surface area contributed by atoms with Gasteiger partial charge in [0.15, 0.2) is 0 Å². The number of piperidine rings is 1. The lowest BCUT2D eigenvalue weighted by Gasteiger charge is -2.43. The molecule has 0 N–H and O–H groups in total. The van der Waals surface area contributed by atoms with Crippen LogP contribution in [0.4, 0.5) is 0 Å². The van der Waals surface area contributed by atoms with Crippen molar-refractivity contribution in [1.29, 1.82) is 0 Å². The number of aryl methyl sites for hydroxylation is 1. The third kappa shape index (κ3) is 3.17. The summed E-state index contributed by atoms with van der Waals surface area (Å²) in [6.45, 7) is 8.40. The van der Waals surface area contributed by atoms with Crippen LogP contribution in [0, 0.1) is 5.41 Å². The maximum atomic E-state index is 12.7. The Morgan fingerprint density at radius 1 is 1.41 bits per heavy atom. The molecule has 1 spiro atoms. The highest BCUT2D eigenvalue weighted by atomic mass is 16.5. The Morgan fingerprint density at radius 3 is 3.00 bits per heavy atom. The summed E-state index contributed by atoms with van der Waals surface area (Å²) in [5.41, 5.74) is 0.622. The summed E-state index contributed by atoms with van der Waals surface area (Å²) < 4.78 is 7.68. The molecule has 0 bridgehead atoms. The highest BCUT2D eigenvalue weighted by molar-refractivity contribution is 5.92. The highest BCUT2D eigenvalue weighted by Crippen LogP contribution is 2.33. The second kappa shape index (κ2) is 6.38. The number of aromatic nitrogens is 2. The number of amides is 1. The molecule has 22 heavy (non-hydrogen) atoms. The maximum absolute atomic E-state index is 12.7. The zero-order valence-corrected chi connectivity index (χ0v) is 13.6. The van der Waals surface area contributed by atoms with Crippen molar-refractivity contribution in [3.8, 4) is 0 Å². The third-order valence-electron chi connectivity index (χ3n) is 4.84. The van der Waals surface area contributed by atoms with E-state index in [4.69, 9.17) is 4.74 Å². The Balaban J connectivity index is 1.74. The molecule has 2 saturated heterocycles. The number of hydrogen-bond acceptors (Lipinski definition) is 4. The van der Waals surface area contributed by atoms with Gasteiger partial charge in [0.1, 0.15) is 5.69 Å². The normalized spacial score (nSPS) is 27.1. The van der Waals surface area contributed by atoms with Crippen LogP contribution < -0.4 is 0 Å². The van der Waals surface area contributed by atoms with Gasteiger partial charge in [0.2, 0.25) is 0 Å². The number of carbonyl (C=O) groups excluding carboxylic acids is 1. The molecule has 0 aromatic carbocycles. The summed E-state index contributed by atoms with van der Waals surface area (Å²) in [5, 5.41) is 0. The summed E-state index contributed by atoms with van der Waals surface area (Å²) in [5.74, 6) is 0.0481. The molecule has 1 amide bonds. The first-order valence-electron chi connectivity index (χ1n) is 8.19. The first-order valence-corrected chi connectivity index (χ1v) is 8.19. The van der Waals surface area contributed by atoms with Gasteiger partial charge in [-0.05, 0) is 19.4 Å². The zero-order chi connectivity index (χ0) is 15.6. The van der Waals surface area contributed by atoms with Crippen LogP contribution in [-0.4, -0.2) is 71.2 Å². The van der Waals surface area contributed by atoms with E-state index < -0.39 is 0 Å². The number of rotatable bonds is 2. The molecule has 3 rings (SSSR count). The predicted molar refractivity (Wildman–Crippen MR) is 83.7 cm³/mol. The molecule has 1 aromatic heterocycles. The number of imidazole rings is 1.